The molecular formula is BClF3O4-. The zero-order valence-corrected chi connectivity index (χ0v) is 4.48. The molecule has 0 aliphatic rings. The molecule has 0 saturated carbocycles. The first-order chi connectivity index (χ1) is 3.71. The van der Waals surface area contributed by atoms with Gasteiger partial charge in [0, 0.05) is 10.2 Å². The molecule has 0 saturated heterocycles. The van der Waals surface area contributed by atoms with E-state index in [-0.39, 0.29) is 0 Å². The Hall–Kier alpha value is -0.0151. The lowest BCUT2D eigenvalue weighted by Gasteiger charge is -2.19. The van der Waals surface area contributed by atoms with E-state index in [9.17, 15) is 12.9 Å². The van der Waals surface area contributed by atoms with Crippen LogP contribution in [0.4, 0.5) is 12.9 Å². The predicted molar refractivity (Wildman–Crippen MR) is 10.2 cm³/mol. The van der Waals surface area contributed by atoms with Crippen molar-refractivity contribution in [1.82, 2.24) is 0 Å². The highest BCUT2D eigenvalue weighted by molar-refractivity contribution is 6.50. The Bertz CT molecular complexity index is 81.0. The minimum Gasteiger partial charge on any atom is -0.412 e. The smallest absolute Gasteiger partial charge is 0.412 e. The van der Waals surface area contributed by atoms with Gasteiger partial charge in [-0.15, -0.1) is 0 Å². The lowest BCUT2D eigenvalue weighted by Crippen LogP contribution is -2.63. The second-order valence-corrected chi connectivity index (χ2v) is 1.92. The van der Waals surface area contributed by atoms with Crippen molar-refractivity contribution >= 4 is 7.18 Å². The molecule has 0 N–H and O–H groups in total. The highest BCUT2D eigenvalue weighted by atomic mass is 35.7. The summed E-state index contributed by atoms with van der Waals surface area (Å²) >= 11 is 0. The molecule has 0 rings (SSSR count). The molecule has 0 unspecified atom stereocenters. The van der Waals surface area contributed by atoms with E-state index in [0.717, 1.165) is 0 Å². The van der Waals surface area contributed by atoms with Crippen molar-refractivity contribution in [3.05, 3.63) is 0 Å². The maximum atomic E-state index is 10.8. The fourth-order valence-electron chi connectivity index (χ4n) is 0.124. The Morgan fingerprint density at radius 2 is 1.44 bits per heavy atom. The van der Waals surface area contributed by atoms with Gasteiger partial charge in [0.25, 0.3) is 0 Å². The van der Waals surface area contributed by atoms with Crippen LogP contribution in [0.1, 0.15) is 0 Å². The van der Waals surface area contributed by atoms with Gasteiger partial charge in [0.15, 0.2) is 0 Å². The monoisotopic (exact) mass is 167 g/mol. The predicted octanol–water partition coefficient (Wildman–Crippen LogP) is -2.76. The molecule has 0 aromatic heterocycles. The van der Waals surface area contributed by atoms with Crippen LogP contribution in [-0.4, -0.2) is 7.18 Å². The second-order valence-electron chi connectivity index (χ2n) is 0.982. The Balaban J connectivity index is 3.75. The van der Waals surface area contributed by atoms with E-state index in [0.29, 0.717) is 0 Å². The minimum absolute atomic E-state index is 2.08. The van der Waals surface area contributed by atoms with Crippen LogP contribution in [0.3, 0.4) is 0 Å². The largest absolute Gasteiger partial charge is 0.790 e. The van der Waals surface area contributed by atoms with Gasteiger partial charge >= 0.3 is 7.18 Å². The van der Waals surface area contributed by atoms with E-state index in [1.54, 1.807) is 0 Å². The number of hydrogen-bond acceptors (Lipinski definition) is 4. The molecule has 9 heteroatoms. The zero-order chi connectivity index (χ0) is 7.71. The van der Waals surface area contributed by atoms with Gasteiger partial charge in [-0.3, -0.25) is 0 Å². The molecule has 0 atom stereocenters. The van der Waals surface area contributed by atoms with Crippen LogP contribution in [0.25, 0.3) is 0 Å². The third-order valence-corrected chi connectivity index (χ3v) is 0.630. The molecule has 56 valence electrons. The molecule has 0 bridgehead atoms. The van der Waals surface area contributed by atoms with Gasteiger partial charge in [-0.2, -0.15) is 14.0 Å². The van der Waals surface area contributed by atoms with Gasteiger partial charge < -0.3 is 12.9 Å². The molecule has 0 aromatic rings. The van der Waals surface area contributed by atoms with Gasteiger partial charge in [0.1, 0.15) is 0 Å². The molecule has 4 nitrogen and oxygen atoms in total. The molecule has 0 amide bonds. The van der Waals surface area contributed by atoms with E-state index in [1.807, 2.05) is 0 Å². The minimum atomic E-state index is -6.00. The maximum Gasteiger partial charge on any atom is 0.790 e. The highest BCUT2D eigenvalue weighted by Crippen LogP contribution is 2.12. The first-order valence-electron chi connectivity index (χ1n) is 1.51. The van der Waals surface area contributed by atoms with Gasteiger partial charge in [-0.25, -0.2) is 0 Å². The molecule has 0 spiro atoms. The van der Waals surface area contributed by atoms with Crippen molar-refractivity contribution in [3.63, 3.8) is 0 Å². The van der Waals surface area contributed by atoms with Crippen LogP contribution in [0.5, 0.6) is 0 Å². The fourth-order valence-corrected chi connectivity index (χ4v) is 0.371. The quantitative estimate of drug-likeness (QED) is 0.417. The summed E-state index contributed by atoms with van der Waals surface area (Å²) < 4.78 is 61.9. The molecule has 0 aliphatic heterocycles. The van der Waals surface area contributed by atoms with Crippen LogP contribution in [0, 0.1) is 10.2 Å². The van der Waals surface area contributed by atoms with E-state index < -0.39 is 17.4 Å². The van der Waals surface area contributed by atoms with Crippen molar-refractivity contribution in [3.8, 4) is 0 Å². The average Bonchev–Trinajstić information content (AvgIpc) is 1.14. The van der Waals surface area contributed by atoms with Crippen molar-refractivity contribution < 1.29 is 41.4 Å². The summed E-state index contributed by atoms with van der Waals surface area (Å²) in [5, 5.41) is 0. The summed E-state index contributed by atoms with van der Waals surface area (Å²) in [5.41, 5.74) is 0. The summed E-state index contributed by atoms with van der Waals surface area (Å²) in [6.07, 6.45) is 0. The lowest BCUT2D eigenvalue weighted by atomic mass is 10.3. The van der Waals surface area contributed by atoms with Crippen LogP contribution in [0.2, 0.25) is 0 Å². The van der Waals surface area contributed by atoms with E-state index in [2.05, 4.69) is 4.21 Å². The highest BCUT2D eigenvalue weighted by Gasteiger charge is 2.44. The van der Waals surface area contributed by atoms with Crippen molar-refractivity contribution in [1.29, 1.82) is 0 Å². The van der Waals surface area contributed by atoms with E-state index in [1.165, 1.54) is 0 Å². The third-order valence-electron chi connectivity index (χ3n) is 0.210. The third kappa shape index (κ3) is 7.98. The fraction of sp³-hybridized carbons (Fsp3) is 0. The zero-order valence-electron chi connectivity index (χ0n) is 3.72. The Morgan fingerprint density at radius 3 is 1.44 bits per heavy atom. The SMILES string of the molecule is [O-][Cl+3]([O-])([O-])O[B-](F)(F)F. The first kappa shape index (κ1) is 8.98. The first-order valence-corrected chi connectivity index (χ1v) is 2.74. The Kier molecular flexibility index (Phi) is 2.31. The molecule has 0 aromatic carbocycles. The number of halogens is 4. The maximum absolute atomic E-state index is 10.8. The van der Waals surface area contributed by atoms with Crippen LogP contribution in [0.15, 0.2) is 0 Å². The summed E-state index contributed by atoms with van der Waals surface area (Å²) in [7, 11) is -11.4. The van der Waals surface area contributed by atoms with Crippen molar-refractivity contribution in [2.45, 2.75) is 0 Å². The standard InChI is InChI=1S/BClF3O4/c3-1(4,5)9-2(6,7)8/q-1. The van der Waals surface area contributed by atoms with E-state index >= 15 is 0 Å². The normalized spacial score (nSPS) is 14.0. The number of rotatable bonds is 2. The second kappa shape index (κ2) is 2.31. The summed E-state index contributed by atoms with van der Waals surface area (Å²) in [6, 6.07) is 0. The Morgan fingerprint density at radius 1 is 1.11 bits per heavy atom. The molecule has 0 radical (unpaired) electrons. The van der Waals surface area contributed by atoms with Crippen molar-refractivity contribution in [2.24, 2.45) is 0 Å². The Labute approximate surface area is 49.7 Å². The van der Waals surface area contributed by atoms with Crippen LogP contribution in [-0.2, 0) is 4.21 Å². The van der Waals surface area contributed by atoms with Gasteiger partial charge in [-0.05, 0) is 4.21 Å². The molecular weight excluding hydrogens is 167 g/mol. The van der Waals surface area contributed by atoms with Gasteiger partial charge in [0.2, 0.25) is 0 Å². The molecule has 0 aliphatic carbocycles. The van der Waals surface area contributed by atoms with Crippen molar-refractivity contribution in [2.75, 3.05) is 0 Å². The van der Waals surface area contributed by atoms with Gasteiger partial charge in [-0.1, -0.05) is 0 Å². The summed E-state index contributed by atoms with van der Waals surface area (Å²) in [4.78, 5) is 0. The average molecular weight is 167 g/mol. The van der Waals surface area contributed by atoms with E-state index in [4.69, 9.17) is 14.0 Å². The van der Waals surface area contributed by atoms with Crippen LogP contribution >= 0.6 is 0 Å². The topological polar surface area (TPSA) is 78.4 Å². The summed E-state index contributed by atoms with van der Waals surface area (Å²) in [6.45, 7) is 0. The lowest BCUT2D eigenvalue weighted by molar-refractivity contribution is -1.91. The number of hydrogen-bond donors (Lipinski definition) is 0. The molecule has 9 heavy (non-hydrogen) atoms. The molecule has 0 heterocycles. The van der Waals surface area contributed by atoms with Crippen LogP contribution < -0.4 is 14.0 Å². The van der Waals surface area contributed by atoms with Gasteiger partial charge in [0.05, 0.1) is 0 Å². The molecule has 0 fully saturated rings. The summed E-state index contributed by atoms with van der Waals surface area (Å²) in [5.74, 6) is 0.